The lowest BCUT2D eigenvalue weighted by molar-refractivity contribution is -0.116. The third-order valence-electron chi connectivity index (χ3n) is 5.07. The van der Waals surface area contributed by atoms with E-state index in [1.807, 2.05) is 6.92 Å². The van der Waals surface area contributed by atoms with Crippen molar-refractivity contribution in [3.8, 4) is 11.4 Å². The molecule has 2 aromatic carbocycles. The van der Waals surface area contributed by atoms with E-state index in [1.165, 1.54) is 4.57 Å². The summed E-state index contributed by atoms with van der Waals surface area (Å²) in [6, 6.07) is 11.7. The number of halogens is 1. The molecule has 1 heterocycles. The molecule has 4 rings (SSSR count). The van der Waals surface area contributed by atoms with Crippen LogP contribution in [0.4, 0.5) is 0 Å². The Hall–Kier alpha value is -3.45. The lowest BCUT2D eigenvalue weighted by Crippen LogP contribution is -2.31. The number of carbonyl (C=O) groups excluding carboxylic acids is 2. The average molecular weight is 439 g/mol. The van der Waals surface area contributed by atoms with Crippen LogP contribution in [0.5, 0.6) is 5.75 Å². The van der Waals surface area contributed by atoms with Crippen LogP contribution in [-0.2, 0) is 4.79 Å². The Balaban J connectivity index is 1.97. The summed E-state index contributed by atoms with van der Waals surface area (Å²) in [4.78, 5) is 43.0. The molecule has 158 valence electrons. The Morgan fingerprint density at radius 2 is 1.90 bits per heavy atom. The number of allylic oxidation sites excluding steroid dienone is 2. The fraction of sp³-hybridized carbons (Fsp3) is 0.217. The molecule has 1 aliphatic carbocycles. The van der Waals surface area contributed by atoms with Crippen molar-refractivity contribution in [2.24, 2.45) is 0 Å². The van der Waals surface area contributed by atoms with Gasteiger partial charge < -0.3 is 9.84 Å². The first-order valence-electron chi connectivity index (χ1n) is 9.87. The van der Waals surface area contributed by atoms with Gasteiger partial charge in [0.1, 0.15) is 22.6 Å². The highest BCUT2D eigenvalue weighted by molar-refractivity contribution is 6.35. The van der Waals surface area contributed by atoms with Crippen molar-refractivity contribution in [3.63, 3.8) is 0 Å². The van der Waals surface area contributed by atoms with Gasteiger partial charge in [0.25, 0.3) is 5.56 Å². The second kappa shape index (κ2) is 8.35. The summed E-state index contributed by atoms with van der Waals surface area (Å²) in [6.07, 6.45) is 0.787. The number of aliphatic hydroxyl groups is 1. The monoisotopic (exact) mass is 438 g/mol. The number of ether oxygens (including phenoxy) is 1. The van der Waals surface area contributed by atoms with E-state index in [4.69, 9.17) is 16.3 Å². The quantitative estimate of drug-likeness (QED) is 0.474. The average Bonchev–Trinajstić information content (AvgIpc) is 2.74. The van der Waals surface area contributed by atoms with Crippen molar-refractivity contribution in [2.45, 2.75) is 26.2 Å². The summed E-state index contributed by atoms with van der Waals surface area (Å²) in [5.41, 5.74) is -0.421. The number of rotatable bonds is 5. The maximum absolute atomic E-state index is 13.4. The minimum absolute atomic E-state index is 0.131. The Bertz CT molecular complexity index is 1290. The second-order valence-corrected chi connectivity index (χ2v) is 7.47. The number of Topliss-reactive ketones (excluding diaryl/α,β-unsaturated/α-hetero) is 2. The van der Waals surface area contributed by atoms with Crippen LogP contribution < -0.4 is 10.3 Å². The third kappa shape index (κ3) is 3.72. The molecular formula is C23H19ClN2O5. The zero-order valence-corrected chi connectivity index (χ0v) is 17.5. The zero-order valence-electron chi connectivity index (χ0n) is 16.7. The molecule has 0 radical (unpaired) electrons. The largest absolute Gasteiger partial charge is 0.511 e. The number of para-hydroxylation sites is 1. The molecule has 3 aromatic rings. The predicted molar refractivity (Wildman–Crippen MR) is 116 cm³/mol. The van der Waals surface area contributed by atoms with Gasteiger partial charge in [-0.15, -0.1) is 0 Å². The molecule has 0 aliphatic heterocycles. The lowest BCUT2D eigenvalue weighted by atomic mass is 9.92. The minimum Gasteiger partial charge on any atom is -0.511 e. The summed E-state index contributed by atoms with van der Waals surface area (Å²) in [5, 5.41) is 10.4. The van der Waals surface area contributed by atoms with Crippen molar-refractivity contribution in [2.75, 3.05) is 6.61 Å². The van der Waals surface area contributed by atoms with E-state index < -0.39 is 22.8 Å². The van der Waals surface area contributed by atoms with Crippen molar-refractivity contribution in [1.29, 1.82) is 0 Å². The maximum atomic E-state index is 13.4. The van der Waals surface area contributed by atoms with E-state index in [0.717, 1.165) is 0 Å². The molecule has 7 nitrogen and oxygen atoms in total. The van der Waals surface area contributed by atoms with E-state index in [2.05, 4.69) is 4.98 Å². The molecule has 0 unspecified atom stereocenters. The lowest BCUT2D eigenvalue weighted by Gasteiger charge is -2.16. The Kier molecular flexibility index (Phi) is 5.61. The normalized spacial score (nSPS) is 14.2. The van der Waals surface area contributed by atoms with Crippen molar-refractivity contribution in [3.05, 3.63) is 74.9 Å². The Morgan fingerprint density at radius 1 is 1.16 bits per heavy atom. The number of aliphatic hydroxyl groups excluding tert-OH is 1. The van der Waals surface area contributed by atoms with Gasteiger partial charge in [0.2, 0.25) is 5.78 Å². The molecule has 1 aromatic heterocycles. The van der Waals surface area contributed by atoms with E-state index in [0.29, 0.717) is 30.0 Å². The first kappa shape index (κ1) is 20.8. The number of nitrogens with zero attached hydrogens (tertiary/aromatic N) is 2. The molecule has 0 atom stereocenters. The first-order chi connectivity index (χ1) is 14.9. The smallest absolute Gasteiger partial charge is 0.285 e. The SMILES string of the molecule is CCOc1ccc(-n2c(=O)c(C(=O)C3=C(O)CCCC3=O)nc3c(Cl)cccc32)cc1. The molecule has 0 spiro atoms. The molecule has 1 aliphatic rings. The van der Waals surface area contributed by atoms with Crippen LogP contribution in [0.2, 0.25) is 5.02 Å². The molecule has 0 bridgehead atoms. The van der Waals surface area contributed by atoms with E-state index in [1.54, 1.807) is 42.5 Å². The van der Waals surface area contributed by atoms with E-state index in [9.17, 15) is 19.5 Å². The summed E-state index contributed by atoms with van der Waals surface area (Å²) in [7, 11) is 0. The van der Waals surface area contributed by atoms with Crippen molar-refractivity contribution < 1.29 is 19.4 Å². The standard InChI is InChI=1S/C23H19ClN2O5/c1-2-31-14-11-9-13(10-12-14)26-16-6-3-5-15(24)20(16)25-21(23(26)30)22(29)19-17(27)7-4-8-18(19)28/h3,5-6,9-12,27H,2,4,7-8H2,1H3. The molecule has 8 heteroatoms. The summed E-state index contributed by atoms with van der Waals surface area (Å²) in [5.74, 6) is -1.07. The molecule has 0 saturated carbocycles. The molecule has 0 fully saturated rings. The van der Waals surface area contributed by atoms with Gasteiger partial charge in [0.05, 0.1) is 17.1 Å². The zero-order chi connectivity index (χ0) is 22.1. The van der Waals surface area contributed by atoms with Gasteiger partial charge in [0, 0.05) is 18.5 Å². The Labute approximate surface area is 182 Å². The number of hydrogen-bond donors (Lipinski definition) is 1. The van der Waals surface area contributed by atoms with Gasteiger partial charge in [0.15, 0.2) is 11.5 Å². The van der Waals surface area contributed by atoms with Gasteiger partial charge in [-0.05, 0) is 49.7 Å². The van der Waals surface area contributed by atoms with Crippen LogP contribution in [0, 0.1) is 0 Å². The number of fused-ring (bicyclic) bond motifs is 1. The highest BCUT2D eigenvalue weighted by Crippen LogP contribution is 2.26. The van der Waals surface area contributed by atoms with E-state index in [-0.39, 0.29) is 34.7 Å². The number of hydrogen-bond acceptors (Lipinski definition) is 6. The molecule has 1 N–H and O–H groups in total. The van der Waals surface area contributed by atoms with Crippen LogP contribution in [0.15, 0.2) is 58.6 Å². The van der Waals surface area contributed by atoms with Gasteiger partial charge in [-0.25, -0.2) is 4.98 Å². The van der Waals surface area contributed by atoms with Gasteiger partial charge >= 0.3 is 0 Å². The molecule has 31 heavy (non-hydrogen) atoms. The van der Waals surface area contributed by atoms with Crippen LogP contribution in [-0.4, -0.2) is 32.8 Å². The summed E-state index contributed by atoms with van der Waals surface area (Å²) < 4.78 is 6.77. The molecule has 0 amide bonds. The first-order valence-corrected chi connectivity index (χ1v) is 10.2. The molecule has 0 saturated heterocycles. The van der Waals surface area contributed by atoms with Crippen molar-refractivity contribution in [1.82, 2.24) is 9.55 Å². The molecular weight excluding hydrogens is 420 g/mol. The van der Waals surface area contributed by atoms with Crippen LogP contribution in [0.25, 0.3) is 16.7 Å². The summed E-state index contributed by atoms with van der Waals surface area (Å²) >= 11 is 6.32. The number of ketones is 2. The van der Waals surface area contributed by atoms with Crippen LogP contribution >= 0.6 is 11.6 Å². The fourth-order valence-corrected chi connectivity index (χ4v) is 3.85. The Morgan fingerprint density at radius 3 is 2.58 bits per heavy atom. The maximum Gasteiger partial charge on any atom is 0.285 e. The number of aromatic nitrogens is 2. The number of benzene rings is 2. The number of carbonyl (C=O) groups is 2. The van der Waals surface area contributed by atoms with Crippen LogP contribution in [0.3, 0.4) is 0 Å². The van der Waals surface area contributed by atoms with Crippen molar-refractivity contribution >= 4 is 34.2 Å². The van der Waals surface area contributed by atoms with E-state index >= 15 is 0 Å². The van der Waals surface area contributed by atoms with Gasteiger partial charge in [-0.3, -0.25) is 19.0 Å². The fourth-order valence-electron chi connectivity index (χ4n) is 3.64. The second-order valence-electron chi connectivity index (χ2n) is 7.06. The predicted octanol–water partition coefficient (Wildman–Crippen LogP) is 4.19. The van der Waals surface area contributed by atoms with Gasteiger partial charge in [-0.2, -0.15) is 0 Å². The minimum atomic E-state index is -0.895. The van der Waals surface area contributed by atoms with Crippen LogP contribution in [0.1, 0.15) is 36.7 Å². The highest BCUT2D eigenvalue weighted by atomic mass is 35.5. The topological polar surface area (TPSA) is 98.5 Å². The summed E-state index contributed by atoms with van der Waals surface area (Å²) in [6.45, 7) is 2.36. The van der Waals surface area contributed by atoms with Gasteiger partial charge in [-0.1, -0.05) is 17.7 Å². The highest BCUT2D eigenvalue weighted by Gasteiger charge is 2.31. The third-order valence-corrected chi connectivity index (χ3v) is 5.37.